The number of carbonyl (C=O) groups excluding carboxylic acids is 1. The van der Waals surface area contributed by atoms with E-state index in [1.807, 2.05) is 0 Å². The van der Waals surface area contributed by atoms with Crippen LogP contribution in [-0.4, -0.2) is 18.6 Å². The average Bonchev–Trinajstić information content (AvgIpc) is 3.12. The van der Waals surface area contributed by atoms with Gasteiger partial charge in [-0.25, -0.2) is 0 Å². The normalized spacial score (nSPS) is 28.3. The van der Waals surface area contributed by atoms with Crippen LogP contribution in [0.25, 0.3) is 0 Å². The number of fused-ring (bicyclic) bond motifs is 3. The molecule has 6 heteroatoms. The Kier molecular flexibility index (Phi) is 2.44. The van der Waals surface area contributed by atoms with Gasteiger partial charge in [-0.3, -0.25) is 10.1 Å². The van der Waals surface area contributed by atoms with Crippen molar-refractivity contribution in [1.82, 2.24) is 5.32 Å². The molecule has 0 saturated heterocycles. The van der Waals surface area contributed by atoms with Gasteiger partial charge in [0.25, 0.3) is 0 Å². The molecule has 1 aromatic rings. The van der Waals surface area contributed by atoms with Crippen molar-refractivity contribution >= 4 is 5.97 Å². The summed E-state index contributed by atoms with van der Waals surface area (Å²) in [5, 5.41) is 3.08. The number of hydrogen-bond donors (Lipinski definition) is 1. The highest BCUT2D eigenvalue weighted by Crippen LogP contribution is 2.56. The molecule has 0 amide bonds. The van der Waals surface area contributed by atoms with E-state index in [-0.39, 0.29) is 5.92 Å². The molecule has 2 aliphatic rings. The van der Waals surface area contributed by atoms with Crippen molar-refractivity contribution in [1.29, 1.82) is 0 Å². The second-order valence-electron chi connectivity index (χ2n) is 4.98. The summed E-state index contributed by atoms with van der Waals surface area (Å²) in [7, 11) is 1.29. The highest BCUT2D eigenvalue weighted by atomic mass is 19.4. The van der Waals surface area contributed by atoms with E-state index < -0.39 is 23.2 Å². The molecule has 1 N–H and O–H groups in total. The quantitative estimate of drug-likeness (QED) is 0.796. The summed E-state index contributed by atoms with van der Waals surface area (Å²) in [5.41, 5.74) is -0.0563. The fraction of sp³-hybridized carbons (Fsp3) is 0.462. The zero-order valence-electron chi connectivity index (χ0n) is 10.2. The van der Waals surface area contributed by atoms with Gasteiger partial charge >= 0.3 is 12.1 Å². The summed E-state index contributed by atoms with van der Waals surface area (Å²) in [6.45, 7) is 0.388. The van der Waals surface area contributed by atoms with Crippen LogP contribution in [0.1, 0.15) is 29.0 Å². The molecule has 1 saturated carbocycles. The molecule has 1 heterocycles. The van der Waals surface area contributed by atoms with E-state index in [9.17, 15) is 18.0 Å². The van der Waals surface area contributed by atoms with Crippen LogP contribution in [0.5, 0.6) is 0 Å². The Morgan fingerprint density at radius 1 is 1.47 bits per heavy atom. The maximum absolute atomic E-state index is 12.7. The molecule has 1 aliphatic carbocycles. The van der Waals surface area contributed by atoms with E-state index in [0.29, 0.717) is 18.5 Å². The van der Waals surface area contributed by atoms with E-state index >= 15 is 0 Å². The van der Waals surface area contributed by atoms with Crippen LogP contribution >= 0.6 is 0 Å². The van der Waals surface area contributed by atoms with Crippen molar-refractivity contribution in [2.45, 2.75) is 30.6 Å². The predicted molar refractivity (Wildman–Crippen MR) is 60.4 cm³/mol. The summed E-state index contributed by atoms with van der Waals surface area (Å²) >= 11 is 0. The first kappa shape index (κ1) is 12.5. The maximum Gasteiger partial charge on any atom is 0.416 e. The number of benzene rings is 1. The lowest BCUT2D eigenvalue weighted by Gasteiger charge is -2.24. The third-order valence-corrected chi connectivity index (χ3v) is 3.95. The fourth-order valence-corrected chi connectivity index (χ4v) is 2.82. The van der Waals surface area contributed by atoms with Crippen LogP contribution in [0, 0.1) is 0 Å². The molecule has 1 fully saturated rings. The molecular weight excluding hydrogens is 259 g/mol. The van der Waals surface area contributed by atoms with E-state index in [1.165, 1.54) is 13.2 Å². The second-order valence-corrected chi connectivity index (χ2v) is 4.98. The molecular formula is C13H12F3NO2. The third-order valence-electron chi connectivity index (χ3n) is 3.95. The molecule has 1 aliphatic heterocycles. The van der Waals surface area contributed by atoms with Crippen LogP contribution in [0.4, 0.5) is 13.2 Å². The zero-order valence-corrected chi connectivity index (χ0v) is 10.2. The number of hydrogen-bond acceptors (Lipinski definition) is 3. The monoisotopic (exact) mass is 271 g/mol. The highest BCUT2D eigenvalue weighted by molar-refractivity contribution is 5.87. The van der Waals surface area contributed by atoms with Gasteiger partial charge in [0.1, 0.15) is 5.54 Å². The van der Waals surface area contributed by atoms with Crippen molar-refractivity contribution in [2.24, 2.45) is 0 Å². The van der Waals surface area contributed by atoms with Crippen molar-refractivity contribution in [2.75, 3.05) is 7.11 Å². The van der Waals surface area contributed by atoms with E-state index in [2.05, 4.69) is 5.32 Å². The van der Waals surface area contributed by atoms with Crippen LogP contribution in [-0.2, 0) is 22.3 Å². The van der Waals surface area contributed by atoms with E-state index in [1.54, 1.807) is 0 Å². The van der Waals surface area contributed by atoms with Crippen LogP contribution in [0.2, 0.25) is 0 Å². The van der Waals surface area contributed by atoms with E-state index in [4.69, 9.17) is 4.74 Å². The number of ether oxygens (including phenoxy) is 1. The first-order valence-electron chi connectivity index (χ1n) is 5.92. The minimum absolute atomic E-state index is 0.217. The Hall–Kier alpha value is -1.56. The largest absolute Gasteiger partial charge is 0.468 e. The Morgan fingerprint density at radius 2 is 2.21 bits per heavy atom. The number of methoxy groups -OCH3 is 1. The summed E-state index contributed by atoms with van der Waals surface area (Å²) < 4.78 is 42.9. The molecule has 102 valence electrons. The molecule has 0 bridgehead atoms. The SMILES string of the molecule is COC(=O)C12CC1c1cc(C(F)(F)F)ccc1CN2. The van der Waals surface area contributed by atoms with Crippen LogP contribution in [0.15, 0.2) is 18.2 Å². The summed E-state index contributed by atoms with van der Waals surface area (Å²) in [4.78, 5) is 11.7. The molecule has 2 atom stereocenters. The van der Waals surface area contributed by atoms with Gasteiger partial charge in [0.2, 0.25) is 0 Å². The van der Waals surface area contributed by atoms with Crippen LogP contribution < -0.4 is 5.32 Å². The van der Waals surface area contributed by atoms with Gasteiger partial charge in [-0.1, -0.05) is 6.07 Å². The van der Waals surface area contributed by atoms with Gasteiger partial charge in [-0.2, -0.15) is 13.2 Å². The predicted octanol–water partition coefficient (Wildman–Crippen LogP) is 2.21. The first-order chi connectivity index (χ1) is 8.88. The van der Waals surface area contributed by atoms with Gasteiger partial charge in [-0.15, -0.1) is 0 Å². The highest BCUT2D eigenvalue weighted by Gasteiger charge is 2.63. The maximum atomic E-state index is 12.7. The smallest absolute Gasteiger partial charge is 0.416 e. The Bertz CT molecular complexity index is 555. The number of rotatable bonds is 1. The molecule has 0 radical (unpaired) electrons. The number of nitrogens with one attached hydrogen (secondary N) is 1. The van der Waals surface area contributed by atoms with Crippen molar-refractivity contribution < 1.29 is 22.7 Å². The summed E-state index contributed by atoms with van der Waals surface area (Å²) in [5.74, 6) is -0.619. The van der Waals surface area contributed by atoms with Crippen molar-refractivity contribution in [3.05, 3.63) is 34.9 Å². The lowest BCUT2D eigenvalue weighted by Crippen LogP contribution is -2.43. The molecule has 3 rings (SSSR count). The molecule has 2 unspecified atom stereocenters. The van der Waals surface area contributed by atoms with Gasteiger partial charge in [0.05, 0.1) is 12.7 Å². The topological polar surface area (TPSA) is 38.3 Å². The second kappa shape index (κ2) is 3.72. The molecule has 19 heavy (non-hydrogen) atoms. The third kappa shape index (κ3) is 1.74. The minimum atomic E-state index is -4.36. The standard InChI is InChI=1S/C13H12F3NO2/c1-19-11(18)12-5-10(12)9-4-8(13(14,15)16)3-2-7(9)6-17-12/h2-4,10,17H,5-6H2,1H3. The lowest BCUT2D eigenvalue weighted by molar-refractivity contribution is -0.144. The van der Waals surface area contributed by atoms with Gasteiger partial charge in [0.15, 0.2) is 0 Å². The Balaban J connectivity index is 1.99. The number of halogens is 3. The molecule has 0 spiro atoms. The number of carbonyl (C=O) groups is 1. The number of alkyl halides is 3. The lowest BCUT2D eigenvalue weighted by atomic mass is 9.94. The Morgan fingerprint density at radius 3 is 2.84 bits per heavy atom. The number of esters is 1. The molecule has 0 aromatic heterocycles. The first-order valence-corrected chi connectivity index (χ1v) is 5.92. The Labute approximate surface area is 107 Å². The average molecular weight is 271 g/mol. The molecule has 1 aromatic carbocycles. The van der Waals surface area contributed by atoms with Crippen molar-refractivity contribution in [3.8, 4) is 0 Å². The van der Waals surface area contributed by atoms with Crippen molar-refractivity contribution in [3.63, 3.8) is 0 Å². The summed E-state index contributed by atoms with van der Waals surface area (Å²) in [6, 6.07) is 3.71. The minimum Gasteiger partial charge on any atom is -0.468 e. The van der Waals surface area contributed by atoms with Crippen LogP contribution in [0.3, 0.4) is 0 Å². The van der Waals surface area contributed by atoms with Gasteiger partial charge in [0, 0.05) is 12.5 Å². The van der Waals surface area contributed by atoms with Gasteiger partial charge < -0.3 is 4.74 Å². The van der Waals surface area contributed by atoms with Gasteiger partial charge in [-0.05, 0) is 29.7 Å². The van der Waals surface area contributed by atoms with E-state index in [0.717, 1.165) is 17.7 Å². The fourth-order valence-electron chi connectivity index (χ4n) is 2.82. The molecule has 3 nitrogen and oxygen atoms in total. The summed E-state index contributed by atoms with van der Waals surface area (Å²) in [6.07, 6.45) is -3.86. The zero-order chi connectivity index (χ0) is 13.8.